The third-order valence-corrected chi connectivity index (χ3v) is 7.70. The maximum absolute atomic E-state index is 12.7. The second kappa shape index (κ2) is 6.76. The van der Waals surface area contributed by atoms with Gasteiger partial charge < -0.3 is 4.74 Å². The molecule has 3 atom stereocenters. The van der Waals surface area contributed by atoms with Gasteiger partial charge >= 0.3 is 5.97 Å². The Balaban J connectivity index is 1.64. The van der Waals surface area contributed by atoms with Gasteiger partial charge in [-0.3, -0.25) is 4.79 Å². The standard InChI is InChI=1S/C16H20N2O6S2/c1-3-25(20,21)17-16-13-9-18(10-14(13)16)26(22,23)12-6-4-11(5-7-12)8-15(19)24-2/h3-7,13-14,16-17H,1,8-10H2,2H3/t13-,14+,16+. The Morgan fingerprint density at radius 1 is 1.23 bits per heavy atom. The van der Waals surface area contributed by atoms with Crippen molar-refractivity contribution in [3.8, 4) is 0 Å². The van der Waals surface area contributed by atoms with Crippen LogP contribution in [-0.2, 0) is 36.0 Å². The maximum Gasteiger partial charge on any atom is 0.309 e. The molecule has 1 aliphatic carbocycles. The van der Waals surface area contributed by atoms with Crippen molar-refractivity contribution < 1.29 is 26.4 Å². The molecule has 2 aliphatic rings. The molecule has 0 amide bonds. The highest BCUT2D eigenvalue weighted by atomic mass is 32.2. The van der Waals surface area contributed by atoms with Gasteiger partial charge in [0.05, 0.1) is 18.4 Å². The highest BCUT2D eigenvalue weighted by molar-refractivity contribution is 7.92. The van der Waals surface area contributed by atoms with E-state index in [4.69, 9.17) is 0 Å². The topological polar surface area (TPSA) is 110 Å². The molecule has 1 aliphatic heterocycles. The van der Waals surface area contributed by atoms with Crippen molar-refractivity contribution in [1.82, 2.24) is 9.03 Å². The third kappa shape index (κ3) is 3.68. The number of nitrogens with zero attached hydrogens (tertiary/aromatic N) is 1. The number of rotatable bonds is 7. The van der Waals surface area contributed by atoms with E-state index in [2.05, 4.69) is 16.0 Å². The second-order valence-electron chi connectivity index (χ2n) is 6.40. The van der Waals surface area contributed by atoms with E-state index >= 15 is 0 Å². The molecule has 1 saturated heterocycles. The first-order valence-electron chi connectivity index (χ1n) is 7.98. The number of sulfonamides is 2. The van der Waals surface area contributed by atoms with Gasteiger partial charge in [-0.15, -0.1) is 0 Å². The van der Waals surface area contributed by atoms with Gasteiger partial charge in [-0.1, -0.05) is 18.7 Å². The molecule has 0 unspecified atom stereocenters. The molecule has 1 saturated carbocycles. The zero-order chi connectivity index (χ0) is 19.1. The van der Waals surface area contributed by atoms with Gasteiger partial charge in [0.2, 0.25) is 20.0 Å². The van der Waals surface area contributed by atoms with E-state index < -0.39 is 26.0 Å². The number of carbonyl (C=O) groups excluding carboxylic acids is 1. The van der Waals surface area contributed by atoms with Gasteiger partial charge in [0.1, 0.15) is 0 Å². The van der Waals surface area contributed by atoms with Crippen molar-refractivity contribution in [3.63, 3.8) is 0 Å². The molecule has 1 heterocycles. The number of hydrogen-bond acceptors (Lipinski definition) is 6. The minimum atomic E-state index is -3.64. The number of piperidine rings is 1. The van der Waals surface area contributed by atoms with E-state index in [9.17, 15) is 21.6 Å². The van der Waals surface area contributed by atoms with Gasteiger partial charge in [-0.25, -0.2) is 21.6 Å². The summed E-state index contributed by atoms with van der Waals surface area (Å²) in [5.41, 5.74) is 0.666. The van der Waals surface area contributed by atoms with E-state index in [1.54, 1.807) is 12.1 Å². The molecule has 1 aromatic carbocycles. The normalized spacial score (nSPS) is 25.5. The molecule has 0 spiro atoms. The van der Waals surface area contributed by atoms with Crippen LogP contribution in [0.25, 0.3) is 0 Å². The summed E-state index contributed by atoms with van der Waals surface area (Å²) in [6.45, 7) is 3.80. The first-order chi connectivity index (χ1) is 12.2. The Morgan fingerprint density at radius 3 is 2.31 bits per heavy atom. The Bertz CT molecular complexity index is 912. The molecule has 0 radical (unpaired) electrons. The summed E-state index contributed by atoms with van der Waals surface area (Å²) in [5.74, 6) is -0.426. The Kier molecular flexibility index (Phi) is 4.95. The van der Waals surface area contributed by atoms with Gasteiger partial charge in [-0.05, 0) is 29.5 Å². The largest absolute Gasteiger partial charge is 0.469 e. The van der Waals surface area contributed by atoms with Crippen molar-refractivity contribution in [3.05, 3.63) is 41.8 Å². The van der Waals surface area contributed by atoms with Gasteiger partial charge in [0.25, 0.3) is 0 Å². The molecule has 0 bridgehead atoms. The molecule has 8 nitrogen and oxygen atoms in total. The summed E-state index contributed by atoms with van der Waals surface area (Å²) in [4.78, 5) is 11.4. The summed E-state index contributed by atoms with van der Waals surface area (Å²) in [6, 6.07) is 5.88. The van der Waals surface area contributed by atoms with Crippen LogP contribution in [-0.4, -0.2) is 53.4 Å². The Labute approximate surface area is 152 Å². The minimum absolute atomic E-state index is 0.0157. The van der Waals surface area contributed by atoms with Crippen molar-refractivity contribution in [2.24, 2.45) is 11.8 Å². The fourth-order valence-electron chi connectivity index (χ4n) is 3.26. The average Bonchev–Trinajstić information content (AvgIpc) is 3.04. The van der Waals surface area contributed by atoms with E-state index in [-0.39, 0.29) is 42.3 Å². The molecule has 0 aromatic heterocycles. The van der Waals surface area contributed by atoms with E-state index in [0.717, 1.165) is 5.41 Å². The van der Waals surface area contributed by atoms with Crippen molar-refractivity contribution in [2.45, 2.75) is 17.4 Å². The number of esters is 1. The third-order valence-electron chi connectivity index (χ3n) is 4.82. The summed E-state index contributed by atoms with van der Waals surface area (Å²) >= 11 is 0. The highest BCUT2D eigenvalue weighted by Gasteiger charge is 2.59. The lowest BCUT2D eigenvalue weighted by atomic mass is 10.2. The quantitative estimate of drug-likeness (QED) is 0.650. The van der Waals surface area contributed by atoms with Crippen LogP contribution >= 0.6 is 0 Å². The molecular weight excluding hydrogens is 380 g/mol. The number of nitrogens with one attached hydrogen (secondary N) is 1. The second-order valence-corrected chi connectivity index (χ2v) is 10.00. The fraction of sp³-hybridized carbons (Fsp3) is 0.438. The van der Waals surface area contributed by atoms with E-state index in [1.165, 1.54) is 23.5 Å². The number of carbonyl (C=O) groups is 1. The summed E-state index contributed by atoms with van der Waals surface area (Å²) in [5, 5.41) is 0.853. The smallest absolute Gasteiger partial charge is 0.309 e. The van der Waals surface area contributed by atoms with Gasteiger partial charge in [0, 0.05) is 24.5 Å². The minimum Gasteiger partial charge on any atom is -0.469 e. The van der Waals surface area contributed by atoms with Crippen molar-refractivity contribution >= 4 is 26.0 Å². The van der Waals surface area contributed by atoms with Crippen LogP contribution in [0.5, 0.6) is 0 Å². The Hall–Kier alpha value is -1.75. The number of fused-ring (bicyclic) bond motifs is 1. The SMILES string of the molecule is C=CS(=O)(=O)N[C@H]1[C@@H]2CN(S(=O)(=O)c3ccc(CC(=O)OC)cc3)C[C@@H]21. The summed E-state index contributed by atoms with van der Waals surface area (Å²) in [6.07, 6.45) is 0.0792. The number of hydrogen-bond donors (Lipinski definition) is 1. The zero-order valence-corrected chi connectivity index (χ0v) is 15.8. The van der Waals surface area contributed by atoms with Crippen LogP contribution in [0.3, 0.4) is 0 Å². The molecule has 1 aromatic rings. The molecule has 1 N–H and O–H groups in total. The predicted molar refractivity (Wildman–Crippen MR) is 93.9 cm³/mol. The number of methoxy groups -OCH3 is 1. The molecule has 2 fully saturated rings. The molecule has 10 heteroatoms. The van der Waals surface area contributed by atoms with Crippen LogP contribution in [0.4, 0.5) is 0 Å². The average molecular weight is 400 g/mol. The lowest BCUT2D eigenvalue weighted by molar-refractivity contribution is -0.139. The Morgan fingerprint density at radius 2 is 1.81 bits per heavy atom. The van der Waals surface area contributed by atoms with Gasteiger partial charge in [0.15, 0.2) is 0 Å². The zero-order valence-electron chi connectivity index (χ0n) is 14.2. The molecule has 142 valence electrons. The van der Waals surface area contributed by atoms with Crippen molar-refractivity contribution in [1.29, 1.82) is 0 Å². The maximum atomic E-state index is 12.7. The first kappa shape index (κ1) is 19.0. The summed E-state index contributed by atoms with van der Waals surface area (Å²) < 4.78 is 56.9. The fourth-order valence-corrected chi connectivity index (χ4v) is 5.60. The van der Waals surface area contributed by atoms with Crippen LogP contribution in [0.2, 0.25) is 0 Å². The van der Waals surface area contributed by atoms with Crippen LogP contribution in [0, 0.1) is 11.8 Å². The monoisotopic (exact) mass is 400 g/mol. The predicted octanol–water partition coefficient (Wildman–Crippen LogP) is 0.0839. The van der Waals surface area contributed by atoms with Crippen molar-refractivity contribution in [2.75, 3.05) is 20.2 Å². The summed E-state index contributed by atoms with van der Waals surface area (Å²) in [7, 11) is -5.86. The van der Waals surface area contributed by atoms with Crippen LogP contribution < -0.4 is 4.72 Å². The van der Waals surface area contributed by atoms with Crippen LogP contribution in [0.1, 0.15) is 5.56 Å². The number of ether oxygens (including phenoxy) is 1. The lowest BCUT2D eigenvalue weighted by Gasteiger charge is -2.20. The number of benzene rings is 1. The first-order valence-corrected chi connectivity index (χ1v) is 11.0. The lowest BCUT2D eigenvalue weighted by Crippen LogP contribution is -2.36. The van der Waals surface area contributed by atoms with Gasteiger partial charge in [-0.2, -0.15) is 4.31 Å². The highest BCUT2D eigenvalue weighted by Crippen LogP contribution is 2.47. The van der Waals surface area contributed by atoms with E-state index in [1.807, 2.05) is 0 Å². The van der Waals surface area contributed by atoms with Crippen LogP contribution in [0.15, 0.2) is 41.1 Å². The molecule has 3 rings (SSSR count). The van der Waals surface area contributed by atoms with E-state index in [0.29, 0.717) is 5.56 Å². The molecular formula is C16H20N2O6S2. The molecule has 26 heavy (non-hydrogen) atoms.